The molecule has 84 valence electrons. The molecular weight excluding hydrogens is 178 g/mol. The number of ether oxygens (including phenoxy) is 2. The van der Waals surface area contributed by atoms with Crippen molar-refractivity contribution in [3.8, 4) is 0 Å². The normalized spacial score (nSPS) is 21.6. The Hall–Kier alpha value is -0.120. The van der Waals surface area contributed by atoms with Gasteiger partial charge in [0.15, 0.2) is 0 Å². The van der Waals surface area contributed by atoms with Crippen LogP contribution in [0.1, 0.15) is 32.6 Å². The second-order valence-corrected chi connectivity index (χ2v) is 4.27. The molecule has 1 fully saturated rings. The summed E-state index contributed by atoms with van der Waals surface area (Å²) < 4.78 is 11.1. The molecule has 0 aromatic carbocycles. The first-order chi connectivity index (χ1) is 6.72. The van der Waals surface area contributed by atoms with E-state index in [2.05, 4.69) is 12.2 Å². The molecule has 1 N–H and O–H groups in total. The summed E-state index contributed by atoms with van der Waals surface area (Å²) in [5.74, 6) is 0. The van der Waals surface area contributed by atoms with Crippen LogP contribution in [0.5, 0.6) is 0 Å². The third-order valence-corrected chi connectivity index (χ3v) is 2.95. The minimum Gasteiger partial charge on any atom is -0.382 e. The highest BCUT2D eigenvalue weighted by Crippen LogP contribution is 2.39. The maximum atomic E-state index is 6.05. The molecule has 0 aliphatic heterocycles. The molecule has 0 saturated heterocycles. The molecule has 0 spiro atoms. The lowest BCUT2D eigenvalue weighted by Crippen LogP contribution is -2.45. The summed E-state index contributed by atoms with van der Waals surface area (Å²) in [6.07, 6.45) is 5.07. The number of nitrogens with one attached hydrogen (secondary N) is 1. The third-order valence-electron chi connectivity index (χ3n) is 2.95. The maximum absolute atomic E-state index is 6.05. The summed E-state index contributed by atoms with van der Waals surface area (Å²) in [5, 5.41) is 3.19. The standard InChI is InChI=1S/C11H23NO2/c1-10(9-13-3)14-11(5-4-6-11)7-8-12-2/h10,12H,4-9H2,1-3H3. The second-order valence-electron chi connectivity index (χ2n) is 4.27. The Morgan fingerprint density at radius 3 is 2.57 bits per heavy atom. The Labute approximate surface area is 87.2 Å². The van der Waals surface area contributed by atoms with Crippen LogP contribution in [-0.2, 0) is 9.47 Å². The van der Waals surface area contributed by atoms with Crippen molar-refractivity contribution in [2.45, 2.75) is 44.3 Å². The molecule has 0 radical (unpaired) electrons. The van der Waals surface area contributed by atoms with E-state index in [1.54, 1.807) is 7.11 Å². The molecule has 0 bridgehead atoms. The molecule has 3 heteroatoms. The van der Waals surface area contributed by atoms with Crippen LogP contribution in [0.2, 0.25) is 0 Å². The predicted molar refractivity (Wildman–Crippen MR) is 57.5 cm³/mol. The predicted octanol–water partition coefficient (Wildman–Crippen LogP) is 1.57. The van der Waals surface area contributed by atoms with Crippen LogP contribution in [-0.4, -0.2) is 39.0 Å². The lowest BCUT2D eigenvalue weighted by atomic mass is 9.77. The molecule has 0 amide bonds. The molecule has 1 saturated carbocycles. The van der Waals surface area contributed by atoms with Gasteiger partial charge >= 0.3 is 0 Å². The molecule has 3 nitrogen and oxygen atoms in total. The van der Waals surface area contributed by atoms with Crippen molar-refractivity contribution in [2.24, 2.45) is 0 Å². The Morgan fingerprint density at radius 1 is 1.43 bits per heavy atom. The van der Waals surface area contributed by atoms with E-state index in [0.29, 0.717) is 6.61 Å². The van der Waals surface area contributed by atoms with Gasteiger partial charge in [-0.1, -0.05) is 0 Å². The van der Waals surface area contributed by atoms with Crippen molar-refractivity contribution >= 4 is 0 Å². The summed E-state index contributed by atoms with van der Waals surface area (Å²) in [6, 6.07) is 0. The van der Waals surface area contributed by atoms with Crippen LogP contribution in [0.25, 0.3) is 0 Å². The van der Waals surface area contributed by atoms with E-state index in [-0.39, 0.29) is 11.7 Å². The van der Waals surface area contributed by atoms with Crippen LogP contribution < -0.4 is 5.32 Å². The molecule has 0 heterocycles. The first-order valence-electron chi connectivity index (χ1n) is 5.54. The Morgan fingerprint density at radius 2 is 2.14 bits per heavy atom. The van der Waals surface area contributed by atoms with E-state index < -0.39 is 0 Å². The highest BCUT2D eigenvalue weighted by atomic mass is 16.5. The summed E-state index contributed by atoms with van der Waals surface area (Å²) in [4.78, 5) is 0. The number of hydrogen-bond acceptors (Lipinski definition) is 3. The number of methoxy groups -OCH3 is 1. The van der Waals surface area contributed by atoms with Crippen LogP contribution in [0.3, 0.4) is 0 Å². The van der Waals surface area contributed by atoms with E-state index >= 15 is 0 Å². The molecule has 1 rings (SSSR count). The lowest BCUT2D eigenvalue weighted by molar-refractivity contribution is -0.150. The zero-order valence-corrected chi connectivity index (χ0v) is 9.64. The smallest absolute Gasteiger partial charge is 0.0787 e. The summed E-state index contributed by atoms with van der Waals surface area (Å²) in [6.45, 7) is 3.82. The van der Waals surface area contributed by atoms with Gasteiger partial charge in [-0.15, -0.1) is 0 Å². The fourth-order valence-electron chi connectivity index (χ4n) is 2.05. The number of rotatable bonds is 7. The van der Waals surface area contributed by atoms with Gasteiger partial charge < -0.3 is 14.8 Å². The zero-order valence-electron chi connectivity index (χ0n) is 9.64. The van der Waals surface area contributed by atoms with Crippen molar-refractivity contribution in [3.05, 3.63) is 0 Å². The molecule has 14 heavy (non-hydrogen) atoms. The van der Waals surface area contributed by atoms with Gasteiger partial charge in [-0.05, 0) is 46.2 Å². The topological polar surface area (TPSA) is 30.5 Å². The van der Waals surface area contributed by atoms with Crippen LogP contribution in [0.15, 0.2) is 0 Å². The van der Waals surface area contributed by atoms with Crippen LogP contribution in [0, 0.1) is 0 Å². The molecule has 0 aromatic rings. The van der Waals surface area contributed by atoms with Gasteiger partial charge in [0.25, 0.3) is 0 Å². The largest absolute Gasteiger partial charge is 0.382 e. The summed E-state index contributed by atoms with van der Waals surface area (Å²) in [7, 11) is 3.71. The van der Waals surface area contributed by atoms with E-state index in [1.807, 2.05) is 7.05 Å². The average molecular weight is 201 g/mol. The van der Waals surface area contributed by atoms with Gasteiger partial charge in [0.1, 0.15) is 0 Å². The Balaban J connectivity index is 2.29. The van der Waals surface area contributed by atoms with Gasteiger partial charge in [-0.3, -0.25) is 0 Å². The molecule has 1 aliphatic rings. The highest BCUT2D eigenvalue weighted by Gasteiger charge is 2.38. The highest BCUT2D eigenvalue weighted by molar-refractivity contribution is 4.90. The van der Waals surface area contributed by atoms with Crippen molar-refractivity contribution in [1.29, 1.82) is 0 Å². The fourth-order valence-corrected chi connectivity index (χ4v) is 2.05. The summed E-state index contributed by atoms with van der Waals surface area (Å²) >= 11 is 0. The average Bonchev–Trinajstić information content (AvgIpc) is 2.10. The van der Waals surface area contributed by atoms with Gasteiger partial charge in [-0.2, -0.15) is 0 Å². The first kappa shape index (κ1) is 12.0. The molecule has 0 aromatic heterocycles. The zero-order chi connectivity index (χ0) is 10.4. The van der Waals surface area contributed by atoms with Gasteiger partial charge in [0.2, 0.25) is 0 Å². The monoisotopic (exact) mass is 201 g/mol. The SMILES string of the molecule is CNCCC1(OC(C)COC)CCC1. The Bertz CT molecular complexity index is 157. The van der Waals surface area contributed by atoms with Gasteiger partial charge in [0.05, 0.1) is 18.3 Å². The maximum Gasteiger partial charge on any atom is 0.0787 e. The van der Waals surface area contributed by atoms with E-state index in [9.17, 15) is 0 Å². The lowest BCUT2D eigenvalue weighted by Gasteiger charge is -2.43. The fraction of sp³-hybridized carbons (Fsp3) is 1.00. The third kappa shape index (κ3) is 3.23. The Kier molecular flexibility index (Phi) is 4.85. The minimum absolute atomic E-state index is 0.154. The van der Waals surface area contributed by atoms with Crippen molar-refractivity contribution in [2.75, 3.05) is 27.3 Å². The van der Waals surface area contributed by atoms with E-state index in [1.165, 1.54) is 19.3 Å². The van der Waals surface area contributed by atoms with Gasteiger partial charge in [-0.25, -0.2) is 0 Å². The molecular formula is C11H23NO2. The van der Waals surface area contributed by atoms with Crippen LogP contribution >= 0.6 is 0 Å². The quantitative estimate of drug-likeness (QED) is 0.678. The first-order valence-corrected chi connectivity index (χ1v) is 5.54. The molecule has 1 aliphatic carbocycles. The molecule has 1 unspecified atom stereocenters. The number of hydrogen-bond donors (Lipinski definition) is 1. The van der Waals surface area contributed by atoms with Crippen LogP contribution in [0.4, 0.5) is 0 Å². The van der Waals surface area contributed by atoms with Crippen molar-refractivity contribution in [3.63, 3.8) is 0 Å². The van der Waals surface area contributed by atoms with Gasteiger partial charge in [0, 0.05) is 7.11 Å². The molecule has 1 atom stereocenters. The minimum atomic E-state index is 0.154. The second kappa shape index (κ2) is 5.69. The van der Waals surface area contributed by atoms with Crippen molar-refractivity contribution < 1.29 is 9.47 Å². The van der Waals surface area contributed by atoms with E-state index in [0.717, 1.165) is 13.0 Å². The summed E-state index contributed by atoms with van der Waals surface area (Å²) in [5.41, 5.74) is 0.154. The van der Waals surface area contributed by atoms with Crippen molar-refractivity contribution in [1.82, 2.24) is 5.32 Å². The van der Waals surface area contributed by atoms with E-state index in [4.69, 9.17) is 9.47 Å².